The highest BCUT2D eigenvalue weighted by molar-refractivity contribution is 7.89. The zero-order valence-electron chi connectivity index (χ0n) is 11.6. The van der Waals surface area contributed by atoms with Crippen molar-refractivity contribution in [3.63, 3.8) is 0 Å². The fraction of sp³-hybridized carbons (Fsp3) is 0.286. The molecule has 0 aliphatic carbocycles. The van der Waals surface area contributed by atoms with Crippen LogP contribution >= 0.6 is 11.3 Å². The van der Waals surface area contributed by atoms with Gasteiger partial charge in [0.15, 0.2) is 0 Å². The summed E-state index contributed by atoms with van der Waals surface area (Å²) in [5.74, 6) is 0.367. The molecule has 0 unspecified atom stereocenters. The van der Waals surface area contributed by atoms with E-state index in [4.69, 9.17) is 4.74 Å². The van der Waals surface area contributed by atoms with Crippen molar-refractivity contribution in [2.75, 3.05) is 7.11 Å². The fourth-order valence-electron chi connectivity index (χ4n) is 1.79. The SMILES string of the molecule is COc1cc(C)c(C)cc1S(=O)(=O)NCc1cccs1. The number of thiophene rings is 1. The first kappa shape index (κ1) is 15.0. The van der Waals surface area contributed by atoms with Crippen LogP contribution in [0.15, 0.2) is 34.5 Å². The third kappa shape index (κ3) is 3.20. The molecule has 0 atom stereocenters. The summed E-state index contributed by atoms with van der Waals surface area (Å²) in [6.07, 6.45) is 0. The van der Waals surface area contributed by atoms with Crippen molar-refractivity contribution in [1.29, 1.82) is 0 Å². The largest absolute Gasteiger partial charge is 0.495 e. The second-order valence-corrected chi connectivity index (χ2v) is 7.26. The zero-order valence-corrected chi connectivity index (χ0v) is 13.3. The Morgan fingerprint density at radius 3 is 2.55 bits per heavy atom. The van der Waals surface area contributed by atoms with E-state index in [1.165, 1.54) is 18.4 Å². The van der Waals surface area contributed by atoms with Gasteiger partial charge in [-0.05, 0) is 48.6 Å². The zero-order chi connectivity index (χ0) is 14.8. The first-order valence-corrected chi connectivity index (χ1v) is 8.47. The molecule has 0 spiro atoms. The third-order valence-corrected chi connectivity index (χ3v) is 5.38. The summed E-state index contributed by atoms with van der Waals surface area (Å²) in [5.41, 5.74) is 1.92. The maximum Gasteiger partial charge on any atom is 0.244 e. The summed E-state index contributed by atoms with van der Waals surface area (Å²) >= 11 is 1.52. The Balaban J connectivity index is 2.31. The second kappa shape index (κ2) is 5.95. The predicted octanol–water partition coefficient (Wildman–Crippen LogP) is 2.85. The highest BCUT2D eigenvalue weighted by Crippen LogP contribution is 2.27. The lowest BCUT2D eigenvalue weighted by molar-refractivity contribution is 0.402. The molecule has 2 rings (SSSR count). The van der Waals surface area contributed by atoms with E-state index in [-0.39, 0.29) is 11.4 Å². The van der Waals surface area contributed by atoms with Crippen LogP contribution in [0.4, 0.5) is 0 Å². The molecule has 0 radical (unpaired) electrons. The van der Waals surface area contributed by atoms with Gasteiger partial charge in [-0.15, -0.1) is 11.3 Å². The van der Waals surface area contributed by atoms with Gasteiger partial charge >= 0.3 is 0 Å². The summed E-state index contributed by atoms with van der Waals surface area (Å²) < 4.78 is 32.6. The van der Waals surface area contributed by atoms with Crippen LogP contribution in [0, 0.1) is 13.8 Å². The van der Waals surface area contributed by atoms with Gasteiger partial charge in [-0.25, -0.2) is 13.1 Å². The topological polar surface area (TPSA) is 55.4 Å². The number of benzene rings is 1. The monoisotopic (exact) mass is 311 g/mol. The molecule has 1 aromatic carbocycles. The van der Waals surface area contributed by atoms with Crippen LogP contribution in [0.2, 0.25) is 0 Å². The first-order valence-electron chi connectivity index (χ1n) is 6.11. The number of aryl methyl sites for hydroxylation is 2. The molecule has 0 saturated heterocycles. The van der Waals surface area contributed by atoms with Crippen LogP contribution in [0.1, 0.15) is 16.0 Å². The average molecular weight is 311 g/mol. The van der Waals surface area contributed by atoms with Crippen molar-refractivity contribution >= 4 is 21.4 Å². The molecule has 108 valence electrons. The number of ether oxygens (including phenoxy) is 1. The molecule has 1 N–H and O–H groups in total. The van der Waals surface area contributed by atoms with E-state index in [0.29, 0.717) is 5.75 Å². The number of nitrogens with one attached hydrogen (secondary N) is 1. The van der Waals surface area contributed by atoms with Gasteiger partial charge in [-0.2, -0.15) is 0 Å². The van der Waals surface area contributed by atoms with E-state index in [0.717, 1.165) is 16.0 Å². The molecular weight excluding hydrogens is 294 g/mol. The maximum absolute atomic E-state index is 12.4. The van der Waals surface area contributed by atoms with Gasteiger partial charge in [0.1, 0.15) is 10.6 Å². The minimum absolute atomic E-state index is 0.180. The van der Waals surface area contributed by atoms with Crippen LogP contribution in [0.5, 0.6) is 5.75 Å². The number of methoxy groups -OCH3 is 1. The predicted molar refractivity (Wildman–Crippen MR) is 80.8 cm³/mol. The third-order valence-electron chi connectivity index (χ3n) is 3.09. The number of rotatable bonds is 5. The lowest BCUT2D eigenvalue weighted by Crippen LogP contribution is -2.23. The molecule has 0 fully saturated rings. The minimum Gasteiger partial charge on any atom is -0.495 e. The van der Waals surface area contributed by atoms with Crippen molar-refractivity contribution in [2.24, 2.45) is 0 Å². The molecule has 20 heavy (non-hydrogen) atoms. The first-order chi connectivity index (χ1) is 9.44. The Bertz CT molecular complexity index is 691. The van der Waals surface area contributed by atoms with E-state index < -0.39 is 10.0 Å². The summed E-state index contributed by atoms with van der Waals surface area (Å²) in [6, 6.07) is 7.18. The van der Waals surface area contributed by atoms with Gasteiger partial charge in [-0.1, -0.05) is 6.07 Å². The lowest BCUT2D eigenvalue weighted by atomic mass is 10.1. The Morgan fingerprint density at radius 2 is 1.95 bits per heavy atom. The van der Waals surface area contributed by atoms with Gasteiger partial charge in [0.25, 0.3) is 0 Å². The fourth-order valence-corrected chi connectivity index (χ4v) is 3.77. The standard InChI is InChI=1S/C14H17NO3S2/c1-10-7-13(18-3)14(8-11(10)2)20(16,17)15-9-12-5-4-6-19-12/h4-8,15H,9H2,1-3H3. The molecule has 0 aliphatic heterocycles. The molecule has 0 amide bonds. The van der Waals surface area contributed by atoms with E-state index >= 15 is 0 Å². The summed E-state index contributed by atoms with van der Waals surface area (Å²) in [6.45, 7) is 4.09. The van der Waals surface area contributed by atoms with Crippen molar-refractivity contribution in [2.45, 2.75) is 25.3 Å². The lowest BCUT2D eigenvalue weighted by Gasteiger charge is -2.12. The average Bonchev–Trinajstić information content (AvgIpc) is 2.92. The Kier molecular flexibility index (Phi) is 4.47. The van der Waals surface area contributed by atoms with Crippen LogP contribution in [0.25, 0.3) is 0 Å². The van der Waals surface area contributed by atoms with Crippen LogP contribution in [-0.2, 0) is 16.6 Å². The highest BCUT2D eigenvalue weighted by atomic mass is 32.2. The minimum atomic E-state index is -3.59. The van der Waals surface area contributed by atoms with E-state index in [1.54, 1.807) is 12.1 Å². The molecule has 0 saturated carbocycles. The summed E-state index contributed by atoms with van der Waals surface area (Å²) in [4.78, 5) is 1.15. The van der Waals surface area contributed by atoms with Gasteiger partial charge in [0.05, 0.1) is 7.11 Å². The van der Waals surface area contributed by atoms with Crippen molar-refractivity contribution in [3.8, 4) is 5.75 Å². The van der Waals surface area contributed by atoms with E-state index in [1.807, 2.05) is 31.4 Å². The summed E-state index contributed by atoms with van der Waals surface area (Å²) in [7, 11) is -2.11. The number of hydrogen-bond acceptors (Lipinski definition) is 4. The number of hydrogen-bond donors (Lipinski definition) is 1. The summed E-state index contributed by atoms with van der Waals surface area (Å²) in [5, 5.41) is 1.92. The normalized spacial score (nSPS) is 11.6. The van der Waals surface area contributed by atoms with Gasteiger partial charge in [0, 0.05) is 11.4 Å². The molecule has 2 aromatic rings. The van der Waals surface area contributed by atoms with Crippen LogP contribution in [0.3, 0.4) is 0 Å². The molecular formula is C14H17NO3S2. The van der Waals surface area contributed by atoms with Crippen molar-refractivity contribution < 1.29 is 13.2 Å². The van der Waals surface area contributed by atoms with E-state index in [2.05, 4.69) is 4.72 Å². The van der Waals surface area contributed by atoms with Gasteiger partial charge < -0.3 is 4.74 Å². The van der Waals surface area contributed by atoms with E-state index in [9.17, 15) is 8.42 Å². The van der Waals surface area contributed by atoms with Crippen molar-refractivity contribution in [3.05, 3.63) is 45.6 Å². The van der Waals surface area contributed by atoms with Gasteiger partial charge in [-0.3, -0.25) is 0 Å². The Hall–Kier alpha value is -1.37. The van der Waals surface area contributed by atoms with Crippen molar-refractivity contribution in [1.82, 2.24) is 4.72 Å². The Morgan fingerprint density at radius 1 is 1.25 bits per heavy atom. The molecule has 1 heterocycles. The maximum atomic E-state index is 12.4. The molecule has 1 aromatic heterocycles. The molecule has 6 heteroatoms. The molecule has 0 aliphatic rings. The smallest absolute Gasteiger partial charge is 0.244 e. The Labute approximate surface area is 123 Å². The van der Waals surface area contributed by atoms with Crippen LogP contribution in [-0.4, -0.2) is 15.5 Å². The van der Waals surface area contributed by atoms with Gasteiger partial charge in [0.2, 0.25) is 10.0 Å². The second-order valence-electron chi connectivity index (χ2n) is 4.49. The highest BCUT2D eigenvalue weighted by Gasteiger charge is 2.20. The molecule has 0 bridgehead atoms. The van der Waals surface area contributed by atoms with Crippen LogP contribution < -0.4 is 9.46 Å². The number of sulfonamides is 1. The quantitative estimate of drug-likeness (QED) is 0.924. The molecule has 4 nitrogen and oxygen atoms in total.